The molecule has 2 heteroatoms. The molecular formula is C15H21NO. The molecule has 2 bridgehead atoms. The number of rotatable bonds is 1. The molecule has 2 nitrogen and oxygen atoms in total. The fraction of sp³-hybridized carbons (Fsp3) is 0.667. The first-order valence-corrected chi connectivity index (χ1v) is 6.56. The molecule has 3 atom stereocenters. The summed E-state index contributed by atoms with van der Waals surface area (Å²) < 4.78 is 0. The van der Waals surface area contributed by atoms with E-state index < -0.39 is 5.60 Å². The lowest BCUT2D eigenvalue weighted by Gasteiger charge is -2.44. The van der Waals surface area contributed by atoms with Crippen LogP contribution in [0.4, 0.5) is 0 Å². The van der Waals surface area contributed by atoms with Gasteiger partial charge in [-0.25, -0.2) is 0 Å². The monoisotopic (exact) mass is 231 g/mol. The average molecular weight is 231 g/mol. The molecule has 2 fully saturated rings. The van der Waals surface area contributed by atoms with Gasteiger partial charge in [-0.1, -0.05) is 26.8 Å². The van der Waals surface area contributed by atoms with Crippen molar-refractivity contribution in [3.63, 3.8) is 0 Å². The summed E-state index contributed by atoms with van der Waals surface area (Å²) in [6, 6.07) is 5.86. The molecule has 0 saturated heterocycles. The van der Waals surface area contributed by atoms with Crippen molar-refractivity contribution in [3.05, 3.63) is 30.1 Å². The van der Waals surface area contributed by atoms with Gasteiger partial charge in [-0.05, 0) is 42.7 Å². The molecule has 0 aliphatic heterocycles. The summed E-state index contributed by atoms with van der Waals surface area (Å²) in [5.41, 5.74) is 0.289. The van der Waals surface area contributed by atoms with Crippen molar-refractivity contribution in [2.24, 2.45) is 16.7 Å². The Bertz CT molecular complexity index is 441. The van der Waals surface area contributed by atoms with Crippen LogP contribution in [0.3, 0.4) is 0 Å². The number of hydrogen-bond acceptors (Lipinski definition) is 2. The standard InChI is InChI=1S/C15H21NO/c1-13(2)11-7-8-14(13,3)15(17,10-11)12-6-4-5-9-16-12/h4-6,9,11,17H,7-8,10H2,1-3H3. The number of aliphatic hydroxyl groups is 1. The van der Waals surface area contributed by atoms with Gasteiger partial charge in [-0.3, -0.25) is 4.98 Å². The Hall–Kier alpha value is -0.890. The highest BCUT2D eigenvalue weighted by Gasteiger charge is 2.69. The van der Waals surface area contributed by atoms with E-state index in [-0.39, 0.29) is 10.8 Å². The zero-order valence-electron chi connectivity index (χ0n) is 10.9. The van der Waals surface area contributed by atoms with Gasteiger partial charge in [0.25, 0.3) is 0 Å². The second kappa shape index (κ2) is 3.11. The van der Waals surface area contributed by atoms with Crippen molar-refractivity contribution < 1.29 is 5.11 Å². The molecule has 92 valence electrons. The molecule has 1 aromatic rings. The zero-order valence-corrected chi connectivity index (χ0v) is 10.9. The first-order chi connectivity index (χ1) is 7.92. The molecule has 3 rings (SSSR count). The first-order valence-electron chi connectivity index (χ1n) is 6.56. The number of hydrogen-bond donors (Lipinski definition) is 1. The number of aromatic nitrogens is 1. The molecular weight excluding hydrogens is 210 g/mol. The number of fused-ring (bicyclic) bond motifs is 2. The summed E-state index contributed by atoms with van der Waals surface area (Å²) in [4.78, 5) is 4.41. The first kappa shape index (κ1) is 11.2. The van der Waals surface area contributed by atoms with Crippen LogP contribution in [0.15, 0.2) is 24.4 Å². The Morgan fingerprint density at radius 1 is 1.29 bits per heavy atom. The SMILES string of the molecule is CC1(C)C2CCC1(C)C(O)(c1ccccn1)C2. The van der Waals surface area contributed by atoms with Crippen LogP contribution in [-0.2, 0) is 5.60 Å². The van der Waals surface area contributed by atoms with E-state index in [1.54, 1.807) is 6.20 Å². The quantitative estimate of drug-likeness (QED) is 0.805. The van der Waals surface area contributed by atoms with Crippen LogP contribution in [0.2, 0.25) is 0 Å². The van der Waals surface area contributed by atoms with Gasteiger partial charge in [-0.15, -0.1) is 0 Å². The molecule has 1 N–H and O–H groups in total. The smallest absolute Gasteiger partial charge is 0.113 e. The summed E-state index contributed by atoms with van der Waals surface area (Å²) in [7, 11) is 0. The van der Waals surface area contributed by atoms with Crippen LogP contribution in [0.5, 0.6) is 0 Å². The van der Waals surface area contributed by atoms with E-state index in [9.17, 15) is 5.11 Å². The van der Waals surface area contributed by atoms with Gasteiger partial charge in [0.15, 0.2) is 0 Å². The van der Waals surface area contributed by atoms with Crippen LogP contribution in [0.1, 0.15) is 45.7 Å². The minimum atomic E-state index is -0.735. The van der Waals surface area contributed by atoms with E-state index in [0.29, 0.717) is 5.92 Å². The van der Waals surface area contributed by atoms with Crippen LogP contribution in [0, 0.1) is 16.7 Å². The molecule has 17 heavy (non-hydrogen) atoms. The van der Waals surface area contributed by atoms with Crippen molar-refractivity contribution in [2.45, 2.75) is 45.6 Å². The van der Waals surface area contributed by atoms with E-state index in [1.165, 1.54) is 6.42 Å². The molecule has 2 saturated carbocycles. The predicted molar refractivity (Wildman–Crippen MR) is 67.4 cm³/mol. The van der Waals surface area contributed by atoms with Crippen LogP contribution >= 0.6 is 0 Å². The maximum absolute atomic E-state index is 11.2. The molecule has 0 spiro atoms. The fourth-order valence-corrected chi connectivity index (χ4v) is 4.27. The van der Waals surface area contributed by atoms with E-state index in [2.05, 4.69) is 25.8 Å². The third-order valence-corrected chi connectivity index (χ3v) is 5.98. The van der Waals surface area contributed by atoms with Crippen molar-refractivity contribution in [1.29, 1.82) is 0 Å². The summed E-state index contributed by atoms with van der Waals surface area (Å²) in [5, 5.41) is 11.2. The third-order valence-electron chi connectivity index (χ3n) is 5.98. The van der Waals surface area contributed by atoms with Gasteiger partial charge in [0.2, 0.25) is 0 Å². The van der Waals surface area contributed by atoms with Crippen LogP contribution < -0.4 is 0 Å². The lowest BCUT2D eigenvalue weighted by molar-refractivity contribution is -0.0987. The number of nitrogens with zero attached hydrogens (tertiary/aromatic N) is 1. The van der Waals surface area contributed by atoms with Gasteiger partial charge >= 0.3 is 0 Å². The normalized spacial score (nSPS) is 42.9. The largest absolute Gasteiger partial charge is 0.383 e. The maximum Gasteiger partial charge on any atom is 0.113 e. The van der Waals surface area contributed by atoms with Gasteiger partial charge < -0.3 is 5.11 Å². The van der Waals surface area contributed by atoms with Crippen molar-refractivity contribution in [1.82, 2.24) is 4.98 Å². The summed E-state index contributed by atoms with van der Waals surface area (Å²) in [6.07, 6.45) is 5.01. The van der Waals surface area contributed by atoms with Gasteiger partial charge in [0.05, 0.1) is 5.69 Å². The second-order valence-corrected chi connectivity index (χ2v) is 6.57. The Labute approximate surface area is 103 Å². The van der Waals surface area contributed by atoms with Crippen LogP contribution in [-0.4, -0.2) is 10.1 Å². The van der Waals surface area contributed by atoms with E-state index in [0.717, 1.165) is 18.5 Å². The number of pyridine rings is 1. The lowest BCUT2D eigenvalue weighted by Crippen LogP contribution is -2.45. The molecule has 0 radical (unpaired) electrons. The second-order valence-electron chi connectivity index (χ2n) is 6.57. The Balaban J connectivity index is 2.13. The highest BCUT2D eigenvalue weighted by atomic mass is 16.3. The van der Waals surface area contributed by atoms with E-state index in [4.69, 9.17) is 0 Å². The third kappa shape index (κ3) is 1.12. The Kier molecular flexibility index (Phi) is 2.05. The van der Waals surface area contributed by atoms with Gasteiger partial charge in [-0.2, -0.15) is 0 Å². The highest BCUT2D eigenvalue weighted by molar-refractivity contribution is 5.27. The predicted octanol–water partition coefficient (Wildman–Crippen LogP) is 3.12. The molecule has 0 aromatic carbocycles. The average Bonchev–Trinajstić information content (AvgIpc) is 2.62. The van der Waals surface area contributed by atoms with E-state index >= 15 is 0 Å². The summed E-state index contributed by atoms with van der Waals surface area (Å²) >= 11 is 0. The lowest BCUT2D eigenvalue weighted by atomic mass is 9.63. The minimum Gasteiger partial charge on any atom is -0.383 e. The van der Waals surface area contributed by atoms with Crippen LogP contribution in [0.25, 0.3) is 0 Å². The Morgan fingerprint density at radius 2 is 2.06 bits per heavy atom. The van der Waals surface area contributed by atoms with Gasteiger partial charge in [0.1, 0.15) is 5.60 Å². The summed E-state index contributed by atoms with van der Waals surface area (Å²) in [6.45, 7) is 6.87. The van der Waals surface area contributed by atoms with Crippen molar-refractivity contribution in [3.8, 4) is 0 Å². The molecule has 3 unspecified atom stereocenters. The molecule has 2 aliphatic rings. The van der Waals surface area contributed by atoms with Crippen molar-refractivity contribution >= 4 is 0 Å². The highest BCUT2D eigenvalue weighted by Crippen LogP contribution is 2.72. The topological polar surface area (TPSA) is 33.1 Å². The molecule has 1 heterocycles. The Morgan fingerprint density at radius 3 is 2.53 bits per heavy atom. The van der Waals surface area contributed by atoms with Gasteiger partial charge in [0, 0.05) is 11.6 Å². The summed E-state index contributed by atoms with van der Waals surface area (Å²) in [5.74, 6) is 0.625. The molecule has 1 aromatic heterocycles. The molecule has 0 amide bonds. The van der Waals surface area contributed by atoms with E-state index in [1.807, 2.05) is 18.2 Å². The zero-order chi connectivity index (χ0) is 12.3. The molecule has 2 aliphatic carbocycles. The fourth-order valence-electron chi connectivity index (χ4n) is 4.27. The maximum atomic E-state index is 11.2. The van der Waals surface area contributed by atoms with Crippen molar-refractivity contribution in [2.75, 3.05) is 0 Å². The minimum absolute atomic E-state index is 0.0426.